The Hall–Kier alpha value is -3.55. The minimum Gasteiger partial charge on any atom is -0.463 e. The monoisotopic (exact) mass is 428 g/mol. The lowest BCUT2D eigenvalue weighted by molar-refractivity contribution is -0.388. The van der Waals surface area contributed by atoms with Gasteiger partial charge in [-0.3, -0.25) is 23.7 Å². The van der Waals surface area contributed by atoms with E-state index < -0.39 is 59.1 Å². The van der Waals surface area contributed by atoms with E-state index in [0.717, 1.165) is 38.6 Å². The highest BCUT2D eigenvalue weighted by Gasteiger charge is 2.52. The number of amides is 1. The van der Waals surface area contributed by atoms with Crippen LogP contribution in [0.2, 0.25) is 0 Å². The van der Waals surface area contributed by atoms with Crippen LogP contribution in [0, 0.1) is 10.1 Å². The fraction of sp³-hybridized carbons (Fsp3) is 0.562. The number of nitrogens with one attached hydrogen (secondary N) is 1. The van der Waals surface area contributed by atoms with Gasteiger partial charge in [-0.2, -0.15) is 0 Å². The predicted molar refractivity (Wildman–Crippen MR) is 94.8 cm³/mol. The summed E-state index contributed by atoms with van der Waals surface area (Å²) in [5.41, 5.74) is 0. The molecular formula is C16H20N4O10. The molecule has 2 rings (SSSR count). The molecule has 1 fully saturated rings. The Morgan fingerprint density at radius 1 is 1.13 bits per heavy atom. The number of nitrogens with zero attached hydrogens (tertiary/aromatic N) is 3. The van der Waals surface area contributed by atoms with E-state index in [2.05, 4.69) is 10.3 Å². The number of nitro groups is 1. The number of anilines is 1. The molecule has 1 saturated heterocycles. The predicted octanol–water partition coefficient (Wildman–Crippen LogP) is 0.0736. The lowest BCUT2D eigenvalue weighted by Gasteiger charge is -2.23. The van der Waals surface area contributed by atoms with Crippen molar-refractivity contribution in [2.24, 2.45) is 0 Å². The first-order valence-corrected chi connectivity index (χ1v) is 8.63. The summed E-state index contributed by atoms with van der Waals surface area (Å²) < 4.78 is 22.2. The van der Waals surface area contributed by atoms with Crippen molar-refractivity contribution in [3.8, 4) is 0 Å². The van der Waals surface area contributed by atoms with Crippen LogP contribution in [0.1, 0.15) is 33.9 Å². The first-order chi connectivity index (χ1) is 14.0. The molecule has 0 spiro atoms. The topological polar surface area (TPSA) is 178 Å². The van der Waals surface area contributed by atoms with Gasteiger partial charge >= 0.3 is 23.7 Å². The van der Waals surface area contributed by atoms with Crippen LogP contribution >= 0.6 is 0 Å². The van der Waals surface area contributed by atoms with Crippen LogP contribution in [-0.2, 0) is 38.1 Å². The van der Waals surface area contributed by atoms with Gasteiger partial charge in [0.15, 0.2) is 18.4 Å². The third-order valence-corrected chi connectivity index (χ3v) is 3.86. The van der Waals surface area contributed by atoms with Crippen LogP contribution in [-0.4, -0.2) is 63.2 Å². The Labute approximate surface area is 169 Å². The van der Waals surface area contributed by atoms with Crippen LogP contribution in [0.5, 0.6) is 0 Å². The number of esters is 3. The largest absolute Gasteiger partial charge is 0.463 e. The molecule has 0 saturated carbocycles. The van der Waals surface area contributed by atoms with Gasteiger partial charge in [-0.15, -0.1) is 0 Å². The molecule has 0 radical (unpaired) electrons. The van der Waals surface area contributed by atoms with Gasteiger partial charge < -0.3 is 34.4 Å². The van der Waals surface area contributed by atoms with Gasteiger partial charge in [-0.1, -0.05) is 0 Å². The van der Waals surface area contributed by atoms with E-state index in [0.29, 0.717) is 0 Å². The average Bonchev–Trinajstić information content (AvgIpc) is 3.14. The van der Waals surface area contributed by atoms with Crippen LogP contribution in [0.4, 0.5) is 11.6 Å². The normalized spacial score (nSPS) is 22.8. The number of aromatic nitrogens is 2. The van der Waals surface area contributed by atoms with Gasteiger partial charge in [-0.25, -0.2) is 0 Å². The van der Waals surface area contributed by atoms with Gasteiger partial charge in [0.25, 0.3) is 0 Å². The summed E-state index contributed by atoms with van der Waals surface area (Å²) in [5.74, 6) is -3.76. The Kier molecular flexibility index (Phi) is 7.05. The van der Waals surface area contributed by atoms with Gasteiger partial charge in [0.1, 0.15) is 12.7 Å². The SMILES string of the molecule is CC(=O)Nc1c([N+](=O)[O-])ncn1[C@H]1O[C@@H](COC(C)=O)[C@@H](OC(C)=O)[C@H]1OC(C)=O. The van der Waals surface area contributed by atoms with Crippen molar-refractivity contribution < 1.29 is 43.0 Å². The quantitative estimate of drug-likeness (QED) is 0.269. The zero-order chi connectivity index (χ0) is 22.6. The smallest absolute Gasteiger partial charge is 0.406 e. The van der Waals surface area contributed by atoms with E-state index in [1.807, 2.05) is 0 Å². The highest BCUT2D eigenvalue weighted by atomic mass is 16.7. The van der Waals surface area contributed by atoms with Crippen LogP contribution < -0.4 is 5.32 Å². The maximum Gasteiger partial charge on any atom is 0.406 e. The summed E-state index contributed by atoms with van der Waals surface area (Å²) in [5, 5.41) is 13.5. The molecule has 1 aliphatic rings. The Balaban J connectivity index is 2.51. The average molecular weight is 428 g/mol. The van der Waals surface area contributed by atoms with E-state index in [-0.39, 0.29) is 12.4 Å². The van der Waals surface area contributed by atoms with Crippen molar-refractivity contribution in [2.45, 2.75) is 52.2 Å². The Bertz CT molecular complexity index is 866. The second-order valence-electron chi connectivity index (χ2n) is 6.28. The maximum absolute atomic E-state index is 11.7. The molecular weight excluding hydrogens is 408 g/mol. The van der Waals surface area contributed by atoms with Crippen molar-refractivity contribution in [3.63, 3.8) is 0 Å². The van der Waals surface area contributed by atoms with E-state index in [1.165, 1.54) is 0 Å². The number of hydrogen-bond acceptors (Lipinski definition) is 11. The van der Waals surface area contributed by atoms with Crippen molar-refractivity contribution in [2.75, 3.05) is 11.9 Å². The molecule has 1 aliphatic heterocycles. The summed E-state index contributed by atoms with van der Waals surface area (Å²) in [6.45, 7) is 4.16. The molecule has 4 atom stereocenters. The zero-order valence-electron chi connectivity index (χ0n) is 16.5. The Morgan fingerprint density at radius 3 is 2.23 bits per heavy atom. The Morgan fingerprint density at radius 2 is 1.73 bits per heavy atom. The van der Waals surface area contributed by atoms with Crippen LogP contribution in [0.25, 0.3) is 0 Å². The number of ether oxygens (including phenoxy) is 4. The lowest BCUT2D eigenvalue weighted by atomic mass is 10.1. The first kappa shape index (κ1) is 22.7. The zero-order valence-corrected chi connectivity index (χ0v) is 16.5. The lowest BCUT2D eigenvalue weighted by Crippen LogP contribution is -2.40. The van der Waals surface area contributed by atoms with E-state index in [1.54, 1.807) is 0 Å². The minimum atomic E-state index is -1.29. The molecule has 0 aromatic carbocycles. The maximum atomic E-state index is 11.7. The van der Waals surface area contributed by atoms with Gasteiger partial charge in [-0.05, 0) is 9.91 Å². The second kappa shape index (κ2) is 9.30. The molecule has 30 heavy (non-hydrogen) atoms. The van der Waals surface area contributed by atoms with Crippen molar-refractivity contribution in [3.05, 3.63) is 16.4 Å². The van der Waals surface area contributed by atoms with Crippen LogP contribution in [0.3, 0.4) is 0 Å². The van der Waals surface area contributed by atoms with E-state index in [9.17, 15) is 29.3 Å². The second-order valence-corrected chi connectivity index (χ2v) is 6.28. The molecule has 0 aliphatic carbocycles. The molecule has 1 aromatic rings. The molecule has 1 N–H and O–H groups in total. The summed E-state index contributed by atoms with van der Waals surface area (Å²) in [4.78, 5) is 60.0. The van der Waals surface area contributed by atoms with Gasteiger partial charge in [0.05, 0.1) is 0 Å². The van der Waals surface area contributed by atoms with Crippen molar-refractivity contribution >= 4 is 35.5 Å². The summed E-state index contributed by atoms with van der Waals surface area (Å²) >= 11 is 0. The molecule has 14 heteroatoms. The summed E-state index contributed by atoms with van der Waals surface area (Å²) in [6.07, 6.45) is -3.85. The van der Waals surface area contributed by atoms with E-state index >= 15 is 0 Å². The number of carbonyl (C=O) groups is 4. The minimum absolute atomic E-state index is 0.329. The van der Waals surface area contributed by atoms with Crippen molar-refractivity contribution in [1.82, 2.24) is 9.55 Å². The fourth-order valence-electron chi connectivity index (χ4n) is 2.88. The standard InChI is InChI=1S/C16H20N4O10/c1-7(21)18-15-14(20(25)26)17-6-19(15)16-13(29-10(4)24)12(28-9(3)23)11(30-16)5-27-8(2)22/h6,11-13,16H,5H2,1-4H3,(H,18,21)/t11-,12+,13+,16-/m0/s1. The van der Waals surface area contributed by atoms with Crippen LogP contribution in [0.15, 0.2) is 6.33 Å². The highest BCUT2D eigenvalue weighted by molar-refractivity contribution is 5.89. The van der Waals surface area contributed by atoms with Gasteiger partial charge in [0.2, 0.25) is 18.1 Å². The molecule has 2 heterocycles. The third kappa shape index (κ3) is 5.28. The first-order valence-electron chi connectivity index (χ1n) is 8.63. The summed E-state index contributed by atoms with van der Waals surface area (Å²) in [6, 6.07) is 0. The summed E-state index contributed by atoms with van der Waals surface area (Å²) in [7, 11) is 0. The third-order valence-electron chi connectivity index (χ3n) is 3.86. The number of rotatable bonds is 7. The van der Waals surface area contributed by atoms with Crippen molar-refractivity contribution in [1.29, 1.82) is 0 Å². The van der Waals surface area contributed by atoms with Gasteiger partial charge in [0, 0.05) is 27.7 Å². The molecule has 1 aromatic heterocycles. The number of hydrogen-bond donors (Lipinski definition) is 1. The molecule has 0 unspecified atom stereocenters. The molecule has 1 amide bonds. The molecule has 164 valence electrons. The molecule has 14 nitrogen and oxygen atoms in total. The van der Waals surface area contributed by atoms with E-state index in [4.69, 9.17) is 18.9 Å². The highest BCUT2D eigenvalue weighted by Crippen LogP contribution is 2.38. The number of carbonyl (C=O) groups excluding carboxylic acids is 4. The number of imidazole rings is 1. The fourth-order valence-corrected chi connectivity index (χ4v) is 2.88. The molecule has 0 bridgehead atoms.